The Hall–Kier alpha value is -2.99. The van der Waals surface area contributed by atoms with Crippen molar-refractivity contribution in [3.63, 3.8) is 0 Å². The predicted octanol–water partition coefficient (Wildman–Crippen LogP) is 2.23. The van der Waals surface area contributed by atoms with Crippen molar-refractivity contribution in [1.82, 2.24) is 9.62 Å². The summed E-state index contributed by atoms with van der Waals surface area (Å²) in [5.41, 5.74) is 0.578. The van der Waals surface area contributed by atoms with E-state index in [1.54, 1.807) is 24.3 Å². The highest BCUT2D eigenvalue weighted by molar-refractivity contribution is 7.91. The van der Waals surface area contributed by atoms with Crippen LogP contribution in [-0.2, 0) is 24.7 Å². The number of amides is 1. The molecular formula is C21H23N3O6S2. The van der Waals surface area contributed by atoms with E-state index < -0.39 is 31.1 Å². The molecule has 1 amide bonds. The molecule has 0 radical (unpaired) electrons. The lowest BCUT2D eigenvalue weighted by Gasteiger charge is -2.18. The van der Waals surface area contributed by atoms with Gasteiger partial charge in [-0.1, -0.05) is 18.2 Å². The zero-order valence-electron chi connectivity index (χ0n) is 17.4. The van der Waals surface area contributed by atoms with Crippen molar-refractivity contribution in [3.8, 4) is 0 Å². The summed E-state index contributed by atoms with van der Waals surface area (Å²) in [4.78, 5) is 12.1. The number of sulfonamides is 1. The molecule has 3 rings (SSSR count). The predicted molar refractivity (Wildman–Crippen MR) is 119 cm³/mol. The number of benzene rings is 2. The average molecular weight is 478 g/mol. The normalized spacial score (nSPS) is 13.1. The molecule has 1 unspecified atom stereocenters. The number of para-hydroxylation sites is 1. The topological polar surface area (TPSA) is 126 Å². The first-order chi connectivity index (χ1) is 15.1. The molecule has 1 atom stereocenters. The molecule has 3 aromatic rings. The number of furan rings is 1. The molecule has 2 N–H and O–H groups in total. The van der Waals surface area contributed by atoms with Gasteiger partial charge in [0, 0.05) is 19.8 Å². The van der Waals surface area contributed by atoms with E-state index in [1.807, 2.05) is 6.07 Å². The van der Waals surface area contributed by atoms with Crippen LogP contribution in [0.5, 0.6) is 0 Å². The van der Waals surface area contributed by atoms with Crippen LogP contribution in [0.15, 0.2) is 87.2 Å². The zero-order chi connectivity index (χ0) is 23.4. The van der Waals surface area contributed by atoms with Crippen molar-refractivity contribution in [3.05, 3.63) is 78.8 Å². The van der Waals surface area contributed by atoms with Gasteiger partial charge in [-0.3, -0.25) is 10.1 Å². The second-order valence-corrected chi connectivity index (χ2v) is 11.2. The summed E-state index contributed by atoms with van der Waals surface area (Å²) in [7, 11) is -5.00. The number of nitrogens with zero attached hydrogens (tertiary/aromatic N) is 1. The monoisotopic (exact) mass is 477 g/mol. The third kappa shape index (κ3) is 5.25. The third-order valence-corrected chi connectivity index (χ3v) is 8.33. The minimum Gasteiger partial charge on any atom is -0.467 e. The molecule has 0 bridgehead atoms. The number of nitrogens with one attached hydrogen (secondary N) is 2. The number of carbonyl (C=O) groups is 1. The fourth-order valence-corrected chi connectivity index (χ4v) is 5.30. The molecule has 0 aliphatic rings. The summed E-state index contributed by atoms with van der Waals surface area (Å²) in [5, 5.41) is 4.04. The molecule has 0 saturated heterocycles. The van der Waals surface area contributed by atoms with Crippen LogP contribution in [-0.4, -0.2) is 47.7 Å². The Bertz CT molecular complexity index is 1250. The van der Waals surface area contributed by atoms with Crippen LogP contribution < -0.4 is 10.6 Å². The van der Waals surface area contributed by atoms with Gasteiger partial charge in [0.2, 0.25) is 25.8 Å². The second-order valence-electron chi connectivity index (χ2n) is 6.99. The van der Waals surface area contributed by atoms with E-state index in [4.69, 9.17) is 4.42 Å². The Labute approximate surface area is 187 Å². The van der Waals surface area contributed by atoms with Crippen molar-refractivity contribution in [2.24, 2.45) is 0 Å². The molecule has 0 saturated carbocycles. The SMILES string of the molecule is CN(C)S(=O)(=O)c1ccc(S(=O)(=O)C(NCC(=O)Nc2ccccc2)c2ccco2)cc1. The van der Waals surface area contributed by atoms with Crippen molar-refractivity contribution in [2.45, 2.75) is 15.2 Å². The van der Waals surface area contributed by atoms with E-state index in [0.29, 0.717) is 5.69 Å². The van der Waals surface area contributed by atoms with Crippen LogP contribution in [0.1, 0.15) is 11.1 Å². The second kappa shape index (κ2) is 9.65. The summed E-state index contributed by atoms with van der Waals surface area (Å²) in [5.74, 6) is -0.335. The Morgan fingerprint density at radius 1 is 0.906 bits per heavy atom. The lowest BCUT2D eigenvalue weighted by Crippen LogP contribution is -2.35. The van der Waals surface area contributed by atoms with Crippen molar-refractivity contribution >= 4 is 31.5 Å². The molecule has 0 aliphatic heterocycles. The van der Waals surface area contributed by atoms with E-state index >= 15 is 0 Å². The molecule has 2 aromatic carbocycles. The van der Waals surface area contributed by atoms with Crippen molar-refractivity contribution in [1.29, 1.82) is 0 Å². The zero-order valence-corrected chi connectivity index (χ0v) is 19.1. The lowest BCUT2D eigenvalue weighted by atomic mass is 10.3. The van der Waals surface area contributed by atoms with Gasteiger partial charge in [0.15, 0.2) is 5.37 Å². The van der Waals surface area contributed by atoms with E-state index in [0.717, 1.165) is 4.31 Å². The molecule has 0 aliphatic carbocycles. The van der Waals surface area contributed by atoms with Crippen LogP contribution in [0.3, 0.4) is 0 Å². The summed E-state index contributed by atoms with van der Waals surface area (Å²) in [6, 6.07) is 16.7. The fourth-order valence-electron chi connectivity index (χ4n) is 2.86. The highest BCUT2D eigenvalue weighted by atomic mass is 32.2. The molecule has 0 fully saturated rings. The molecule has 170 valence electrons. The van der Waals surface area contributed by atoms with Gasteiger partial charge in [-0.05, 0) is 48.5 Å². The molecule has 11 heteroatoms. The first-order valence-electron chi connectivity index (χ1n) is 9.50. The van der Waals surface area contributed by atoms with Gasteiger partial charge in [-0.25, -0.2) is 21.1 Å². The Morgan fingerprint density at radius 3 is 2.09 bits per heavy atom. The highest BCUT2D eigenvalue weighted by Crippen LogP contribution is 2.28. The number of sulfone groups is 1. The molecule has 1 aromatic heterocycles. The third-order valence-electron chi connectivity index (χ3n) is 4.55. The molecule has 0 spiro atoms. The largest absolute Gasteiger partial charge is 0.467 e. The van der Waals surface area contributed by atoms with Crippen LogP contribution in [0, 0.1) is 0 Å². The number of hydrogen-bond acceptors (Lipinski definition) is 7. The summed E-state index contributed by atoms with van der Waals surface area (Å²) in [6.07, 6.45) is 1.33. The Kier molecular flexibility index (Phi) is 7.14. The summed E-state index contributed by atoms with van der Waals surface area (Å²) >= 11 is 0. The van der Waals surface area contributed by atoms with Gasteiger partial charge in [-0.2, -0.15) is 0 Å². The van der Waals surface area contributed by atoms with Gasteiger partial charge >= 0.3 is 0 Å². The maximum absolute atomic E-state index is 13.3. The van der Waals surface area contributed by atoms with E-state index in [2.05, 4.69) is 10.6 Å². The first-order valence-corrected chi connectivity index (χ1v) is 12.5. The van der Waals surface area contributed by atoms with E-state index in [1.165, 1.54) is 56.8 Å². The fraction of sp³-hybridized carbons (Fsp3) is 0.190. The van der Waals surface area contributed by atoms with Crippen LogP contribution >= 0.6 is 0 Å². The van der Waals surface area contributed by atoms with Gasteiger partial charge in [0.05, 0.1) is 22.6 Å². The van der Waals surface area contributed by atoms with Crippen LogP contribution in [0.4, 0.5) is 5.69 Å². The van der Waals surface area contributed by atoms with Crippen molar-refractivity contribution < 1.29 is 26.0 Å². The molecule has 32 heavy (non-hydrogen) atoms. The first kappa shape index (κ1) is 23.7. The van der Waals surface area contributed by atoms with E-state index in [-0.39, 0.29) is 22.1 Å². The van der Waals surface area contributed by atoms with Crippen molar-refractivity contribution in [2.75, 3.05) is 26.0 Å². The minimum atomic E-state index is -4.07. The van der Waals surface area contributed by atoms with Gasteiger partial charge in [-0.15, -0.1) is 0 Å². The quantitative estimate of drug-likeness (QED) is 0.484. The Balaban J connectivity index is 1.83. The van der Waals surface area contributed by atoms with E-state index in [9.17, 15) is 21.6 Å². The average Bonchev–Trinajstić information content (AvgIpc) is 3.28. The highest BCUT2D eigenvalue weighted by Gasteiger charge is 2.32. The smallest absolute Gasteiger partial charge is 0.242 e. The summed E-state index contributed by atoms with van der Waals surface area (Å²) < 4.78 is 57.4. The maximum Gasteiger partial charge on any atom is 0.242 e. The number of hydrogen-bond donors (Lipinski definition) is 2. The van der Waals surface area contributed by atoms with Crippen LogP contribution in [0.25, 0.3) is 0 Å². The number of carbonyl (C=O) groups excluding carboxylic acids is 1. The van der Waals surface area contributed by atoms with Gasteiger partial charge in [0.1, 0.15) is 5.76 Å². The summed E-state index contributed by atoms with van der Waals surface area (Å²) in [6.45, 7) is -0.299. The molecule has 1 heterocycles. The minimum absolute atomic E-state index is 0.0359. The van der Waals surface area contributed by atoms with Gasteiger partial charge in [0.25, 0.3) is 0 Å². The number of rotatable bonds is 9. The standard InChI is InChI=1S/C21H23N3O6S2/c1-24(2)32(28,29)18-12-10-17(11-13-18)31(26,27)21(19-9-6-14-30-19)22-15-20(25)23-16-7-4-3-5-8-16/h3-14,21-22H,15H2,1-2H3,(H,23,25). The number of anilines is 1. The van der Waals surface area contributed by atoms with Gasteiger partial charge < -0.3 is 9.73 Å². The molecule has 9 nitrogen and oxygen atoms in total. The Morgan fingerprint density at radius 2 is 1.53 bits per heavy atom. The maximum atomic E-state index is 13.3. The lowest BCUT2D eigenvalue weighted by molar-refractivity contribution is -0.115. The molecular weight excluding hydrogens is 454 g/mol. The van der Waals surface area contributed by atoms with Crippen LogP contribution in [0.2, 0.25) is 0 Å².